The summed E-state index contributed by atoms with van der Waals surface area (Å²) in [6.45, 7) is 21.9. The first kappa shape index (κ1) is 42.7. The van der Waals surface area contributed by atoms with E-state index in [0.717, 1.165) is 118 Å². The Morgan fingerprint density at radius 1 is 0.536 bits per heavy atom. The van der Waals surface area contributed by atoms with Gasteiger partial charge in [0.1, 0.15) is 17.7 Å². The molecule has 7 heteroatoms. The molecule has 0 aliphatic carbocycles. The topological polar surface area (TPSA) is 102 Å². The second-order valence-electron chi connectivity index (χ2n) is 14.7. The van der Waals surface area contributed by atoms with Crippen molar-refractivity contribution in [3.63, 3.8) is 0 Å². The Bertz CT molecular complexity index is 2090. The average Bonchev–Trinajstić information content (AvgIpc) is 3.95. The number of fused-ring (bicyclic) bond motifs is 8. The normalized spacial score (nSPS) is 21.9. The van der Waals surface area contributed by atoms with Crippen molar-refractivity contribution in [2.75, 3.05) is 0 Å². The van der Waals surface area contributed by atoms with E-state index >= 15 is 4.79 Å². The van der Waals surface area contributed by atoms with Gasteiger partial charge in [-0.1, -0.05) is 102 Å². The maximum absolute atomic E-state index is 15.2. The molecule has 287 valence electrons. The summed E-state index contributed by atoms with van der Waals surface area (Å²) in [5.41, 5.74) is 19.2. The number of carbonyl (C=O) groups is 1. The molecule has 56 heavy (non-hydrogen) atoms. The van der Waals surface area contributed by atoms with Crippen LogP contribution in [-0.2, 0) is 28.8 Å². The number of benzene rings is 2. The van der Waals surface area contributed by atoms with Gasteiger partial charge in [0.2, 0.25) is 0 Å². The summed E-state index contributed by atoms with van der Waals surface area (Å²) in [5.74, 6) is 1.16. The summed E-state index contributed by atoms with van der Waals surface area (Å²) in [6.07, 6.45) is 6.23. The van der Waals surface area contributed by atoms with Crippen molar-refractivity contribution >= 4 is 16.9 Å². The molecule has 5 aliphatic rings. The number of ketones is 1. The third-order valence-corrected chi connectivity index (χ3v) is 11.7. The minimum absolute atomic E-state index is 0. The van der Waals surface area contributed by atoms with E-state index in [2.05, 4.69) is 118 Å². The molecular formula is C49H54N4O2V. The molecule has 8 bridgehead atoms. The summed E-state index contributed by atoms with van der Waals surface area (Å²) in [7, 11) is 0. The van der Waals surface area contributed by atoms with Crippen LogP contribution in [0, 0.1) is 37.9 Å². The molecule has 0 spiro atoms. The van der Waals surface area contributed by atoms with Crippen LogP contribution in [0.1, 0.15) is 129 Å². The van der Waals surface area contributed by atoms with Crippen molar-refractivity contribution in [1.82, 2.24) is 0 Å². The van der Waals surface area contributed by atoms with Gasteiger partial charge in [0.05, 0.1) is 23.1 Å². The van der Waals surface area contributed by atoms with Gasteiger partial charge in [0.25, 0.3) is 0 Å². The van der Waals surface area contributed by atoms with Crippen LogP contribution in [0.2, 0.25) is 0 Å². The quantitative estimate of drug-likeness (QED) is 0.220. The van der Waals surface area contributed by atoms with Crippen LogP contribution in [-0.4, -0.2) is 5.78 Å². The summed E-state index contributed by atoms with van der Waals surface area (Å²) in [4.78, 5) is 15.2. The van der Waals surface area contributed by atoms with Crippen molar-refractivity contribution < 1.29 is 28.8 Å². The molecule has 5 heterocycles. The Morgan fingerprint density at radius 3 is 1.46 bits per heavy atom. The van der Waals surface area contributed by atoms with Gasteiger partial charge >= 0.3 is 24.3 Å². The third-order valence-electron chi connectivity index (χ3n) is 11.7. The van der Waals surface area contributed by atoms with Crippen molar-refractivity contribution in [1.29, 1.82) is 0 Å². The Kier molecular flexibility index (Phi) is 13.2. The van der Waals surface area contributed by atoms with Gasteiger partial charge in [-0.25, -0.2) is 16.2 Å². The van der Waals surface area contributed by atoms with Crippen molar-refractivity contribution in [3.05, 3.63) is 184 Å². The van der Waals surface area contributed by atoms with Crippen molar-refractivity contribution in [2.24, 2.45) is 0 Å². The zero-order valence-electron chi connectivity index (χ0n) is 34.8. The number of aryl methyl sites for hydroxylation is 2. The largest absolute Gasteiger partial charge is 4.00 e. The number of carbonyl (C=O) groups excluding carboxylic acids is 1. The van der Waals surface area contributed by atoms with Gasteiger partial charge in [-0.3, -0.25) is 5.70 Å². The van der Waals surface area contributed by atoms with Gasteiger partial charge in [-0.2, -0.15) is 11.5 Å². The van der Waals surface area contributed by atoms with Gasteiger partial charge in [0.15, 0.2) is 5.57 Å². The standard InChI is InChI=1S/C49H54N4O.O.V/c1-11-31-35(15-5)45-46-36(16-6)32(12-2)42(51-46)40(30-25-21-28(10)22-26-30)44-34(14-4)38(18-8)48(53-44)49(54)47-37(17-7)33(13-3)43(52-47)39(41(31)50-45)29-23-19-27(9)20-24-29;;/h19-26H,11-18H2,1-10H3;;/q2*-2;+4/b43-39-,44-40-,46-45-;;. The second kappa shape index (κ2) is 17.3. The third kappa shape index (κ3) is 6.74. The molecule has 5 aliphatic heterocycles. The maximum Gasteiger partial charge on any atom is 4.00 e. The number of hydrogen-bond donors (Lipinski definition) is 0. The summed E-state index contributed by atoms with van der Waals surface area (Å²) < 4.78 is 0. The van der Waals surface area contributed by atoms with E-state index in [0.29, 0.717) is 24.9 Å². The molecule has 0 saturated heterocycles. The minimum atomic E-state index is -0.0887. The van der Waals surface area contributed by atoms with Crippen LogP contribution in [0.4, 0.5) is 0 Å². The van der Waals surface area contributed by atoms with E-state index in [1.54, 1.807) is 0 Å². The molecule has 1 radical (unpaired) electrons. The predicted molar refractivity (Wildman–Crippen MR) is 226 cm³/mol. The van der Waals surface area contributed by atoms with Gasteiger partial charge in [0, 0.05) is 23.3 Å². The fourth-order valence-corrected chi connectivity index (χ4v) is 9.10. The molecule has 0 N–H and O–H groups in total. The molecular weight excluding hydrogens is 728 g/mol. The van der Waals surface area contributed by atoms with Gasteiger partial charge in [-0.05, 0) is 93.6 Å². The Morgan fingerprint density at radius 2 is 0.982 bits per heavy atom. The monoisotopic (exact) mass is 781 g/mol. The molecule has 7 rings (SSSR count). The van der Waals surface area contributed by atoms with E-state index in [9.17, 15) is 0 Å². The Labute approximate surface area is 348 Å². The maximum atomic E-state index is 15.2. The summed E-state index contributed by atoms with van der Waals surface area (Å²) in [5, 5.41) is 22.2. The van der Waals surface area contributed by atoms with Crippen LogP contribution in [0.15, 0.2) is 116 Å². The van der Waals surface area contributed by atoms with Crippen LogP contribution in [0.5, 0.6) is 0 Å². The first-order valence-corrected chi connectivity index (χ1v) is 20.4. The molecule has 0 atom stereocenters. The van der Waals surface area contributed by atoms with E-state index in [1.165, 1.54) is 33.8 Å². The van der Waals surface area contributed by atoms with E-state index in [-0.39, 0.29) is 29.8 Å². The second-order valence-corrected chi connectivity index (χ2v) is 14.7. The number of allylic oxidation sites excluding steroid dienone is 5. The number of nitrogens with zero attached hydrogens (tertiary/aromatic N) is 4. The first-order valence-electron chi connectivity index (χ1n) is 20.4. The molecule has 6 nitrogen and oxygen atoms in total. The summed E-state index contributed by atoms with van der Waals surface area (Å²) >= 11 is 0. The Hall–Kier alpha value is -4.49. The molecule has 0 unspecified atom stereocenters. The molecule has 0 fully saturated rings. The van der Waals surface area contributed by atoms with E-state index in [4.69, 9.17) is 21.3 Å². The molecule has 0 aromatic heterocycles. The van der Waals surface area contributed by atoms with E-state index < -0.39 is 0 Å². The van der Waals surface area contributed by atoms with E-state index in [1.807, 2.05) is 0 Å². The Balaban J connectivity index is 0.00000300. The van der Waals surface area contributed by atoms with Crippen LogP contribution in [0.3, 0.4) is 0 Å². The molecule has 2 aromatic carbocycles. The molecule has 2 aromatic rings. The smallest absolute Gasteiger partial charge is 2.00 e. The minimum Gasteiger partial charge on any atom is -2.00 e. The van der Waals surface area contributed by atoms with Gasteiger partial charge < -0.3 is 26.7 Å². The number of hydrogen-bond acceptors (Lipinski definition) is 1. The van der Waals surface area contributed by atoms with Crippen LogP contribution >= 0.6 is 0 Å². The average molecular weight is 782 g/mol. The molecule has 0 saturated carbocycles. The fraction of sp³-hybridized carbons (Fsp3) is 0.367. The van der Waals surface area contributed by atoms with Crippen molar-refractivity contribution in [3.8, 4) is 0 Å². The fourth-order valence-electron chi connectivity index (χ4n) is 9.10. The SMILES string of the molecule is CCC1=C(CC)[C+]2[N-]/C1=C(/c1ccc(C)cc1)C1=C(CC)[C-](CC)/C(=C3/[N-][C+](C(CC)=C3CC)/C(c3ccc(C)cc3)=C3\[N-][C+](C2=O)C(CC)=C3CC)[N-]1.[O-2].[V+4]. The van der Waals surface area contributed by atoms with Gasteiger partial charge in [-0.15, -0.1) is 0 Å². The van der Waals surface area contributed by atoms with Crippen LogP contribution in [0.25, 0.3) is 32.4 Å². The first-order chi connectivity index (χ1) is 26.2. The predicted octanol–water partition coefficient (Wildman–Crippen LogP) is 14.2. The zero-order chi connectivity index (χ0) is 38.4. The number of rotatable bonds is 10. The molecule has 0 amide bonds. The zero-order valence-corrected chi connectivity index (χ0v) is 36.2. The number of Topliss-reactive ketones (excluding diaryl/α,β-unsaturated/α-hetero) is 1. The van der Waals surface area contributed by atoms with Crippen molar-refractivity contribution in [2.45, 2.75) is 121 Å². The van der Waals surface area contributed by atoms with Crippen LogP contribution < -0.4 is 0 Å². The summed E-state index contributed by atoms with van der Waals surface area (Å²) in [6, 6.07) is 19.5.